The third kappa shape index (κ3) is 4.98. The topological polar surface area (TPSA) is 66.4 Å². The summed E-state index contributed by atoms with van der Waals surface area (Å²) in [6, 6.07) is 12.1. The quantitative estimate of drug-likeness (QED) is 0.787. The van der Waals surface area contributed by atoms with Crippen LogP contribution in [0.15, 0.2) is 42.5 Å². The van der Waals surface area contributed by atoms with Gasteiger partial charge in [-0.05, 0) is 48.7 Å². The minimum Gasteiger partial charge on any atom is -0.481 e. The zero-order chi connectivity index (χ0) is 17.7. The molecule has 2 aromatic carbocycles. The van der Waals surface area contributed by atoms with Crippen LogP contribution in [0.5, 0.6) is 0 Å². The molecule has 4 nitrogen and oxygen atoms in total. The van der Waals surface area contributed by atoms with Crippen LogP contribution in [0.25, 0.3) is 0 Å². The number of carbonyl (C=O) groups is 2. The highest BCUT2D eigenvalue weighted by Crippen LogP contribution is 2.24. The number of nitrogens with one attached hydrogen (secondary N) is 1. The second kappa shape index (κ2) is 8.18. The number of carboxylic acids is 1. The van der Waals surface area contributed by atoms with Crippen LogP contribution in [-0.2, 0) is 16.0 Å². The van der Waals surface area contributed by atoms with Crippen molar-refractivity contribution in [3.8, 4) is 0 Å². The maximum Gasteiger partial charge on any atom is 0.307 e. The molecular formula is C18H17Cl2NO3. The minimum absolute atomic E-state index is 0.121. The molecule has 126 valence electrons. The number of carbonyl (C=O) groups excluding carboxylic acids is 1. The number of hydrogen-bond acceptors (Lipinski definition) is 2. The van der Waals surface area contributed by atoms with Gasteiger partial charge in [0.2, 0.25) is 5.91 Å². The molecule has 2 rings (SSSR count). The molecule has 0 fully saturated rings. The van der Waals surface area contributed by atoms with Crippen LogP contribution >= 0.6 is 23.2 Å². The van der Waals surface area contributed by atoms with E-state index in [0.29, 0.717) is 15.7 Å². The number of halogens is 2. The number of carboxylic acid groups (broad SMARTS) is 1. The van der Waals surface area contributed by atoms with Crippen LogP contribution in [-0.4, -0.2) is 17.0 Å². The van der Waals surface area contributed by atoms with Crippen molar-refractivity contribution in [2.45, 2.75) is 19.8 Å². The van der Waals surface area contributed by atoms with E-state index in [0.717, 1.165) is 11.1 Å². The maximum atomic E-state index is 12.2. The molecule has 6 heteroatoms. The summed E-state index contributed by atoms with van der Waals surface area (Å²) in [5.41, 5.74) is 2.15. The standard InChI is InChI=1S/C18H17Cl2NO3/c1-11-15(20)3-2-4-16(11)21-17(22)10-13(18(23)24)9-12-5-7-14(19)8-6-12/h2-8,13H,9-10H2,1H3,(H,21,22)(H,23,24). The van der Waals surface area contributed by atoms with Crippen molar-refractivity contribution in [2.24, 2.45) is 5.92 Å². The van der Waals surface area contributed by atoms with Crippen LogP contribution in [0.2, 0.25) is 10.0 Å². The zero-order valence-electron chi connectivity index (χ0n) is 13.1. The molecule has 0 aliphatic carbocycles. The lowest BCUT2D eigenvalue weighted by Crippen LogP contribution is -2.24. The van der Waals surface area contributed by atoms with E-state index in [2.05, 4.69) is 5.32 Å². The third-order valence-electron chi connectivity index (χ3n) is 3.72. The third-order valence-corrected chi connectivity index (χ3v) is 4.38. The average Bonchev–Trinajstić information content (AvgIpc) is 2.53. The second-order valence-corrected chi connectivity index (χ2v) is 6.37. The molecule has 0 aliphatic rings. The highest BCUT2D eigenvalue weighted by Gasteiger charge is 2.22. The summed E-state index contributed by atoms with van der Waals surface area (Å²) in [5.74, 6) is -2.18. The van der Waals surface area contributed by atoms with E-state index in [4.69, 9.17) is 23.2 Å². The molecule has 1 unspecified atom stereocenters. The van der Waals surface area contributed by atoms with Crippen molar-refractivity contribution in [1.82, 2.24) is 0 Å². The van der Waals surface area contributed by atoms with Crippen molar-refractivity contribution in [1.29, 1.82) is 0 Å². The number of aliphatic carboxylic acids is 1. The number of amides is 1. The monoisotopic (exact) mass is 365 g/mol. The first-order chi connectivity index (χ1) is 11.4. The molecule has 0 saturated carbocycles. The minimum atomic E-state index is -1.01. The van der Waals surface area contributed by atoms with Crippen molar-refractivity contribution in [3.05, 3.63) is 63.6 Å². The van der Waals surface area contributed by atoms with Crippen molar-refractivity contribution in [3.63, 3.8) is 0 Å². The normalized spacial score (nSPS) is 11.8. The Balaban J connectivity index is 2.04. The Bertz CT molecular complexity index is 744. The molecule has 2 N–H and O–H groups in total. The Morgan fingerprint density at radius 3 is 2.42 bits per heavy atom. The number of rotatable bonds is 6. The molecule has 24 heavy (non-hydrogen) atoms. The van der Waals surface area contributed by atoms with E-state index in [1.54, 1.807) is 49.4 Å². The van der Waals surface area contributed by atoms with Gasteiger partial charge in [-0.1, -0.05) is 41.4 Å². The van der Waals surface area contributed by atoms with Gasteiger partial charge in [-0.3, -0.25) is 9.59 Å². The fraction of sp³-hybridized carbons (Fsp3) is 0.222. The smallest absolute Gasteiger partial charge is 0.307 e. The molecule has 0 spiro atoms. The lowest BCUT2D eigenvalue weighted by Gasteiger charge is -2.14. The average molecular weight is 366 g/mol. The van der Waals surface area contributed by atoms with E-state index in [1.165, 1.54) is 0 Å². The van der Waals surface area contributed by atoms with Crippen molar-refractivity contribution < 1.29 is 14.7 Å². The zero-order valence-corrected chi connectivity index (χ0v) is 14.6. The summed E-state index contributed by atoms with van der Waals surface area (Å²) >= 11 is 11.8. The largest absolute Gasteiger partial charge is 0.481 e. The van der Waals surface area contributed by atoms with E-state index in [9.17, 15) is 14.7 Å². The summed E-state index contributed by atoms with van der Waals surface area (Å²) in [6.07, 6.45) is 0.137. The van der Waals surface area contributed by atoms with Gasteiger partial charge < -0.3 is 10.4 Å². The lowest BCUT2D eigenvalue weighted by atomic mass is 9.96. The fourth-order valence-corrected chi connectivity index (χ4v) is 2.62. The Morgan fingerprint density at radius 2 is 1.79 bits per heavy atom. The summed E-state index contributed by atoms with van der Waals surface area (Å²) in [6.45, 7) is 1.79. The van der Waals surface area contributed by atoms with Crippen LogP contribution in [0.4, 0.5) is 5.69 Å². The summed E-state index contributed by atoms with van der Waals surface area (Å²) < 4.78 is 0. The van der Waals surface area contributed by atoms with Crippen LogP contribution in [0, 0.1) is 12.8 Å². The first-order valence-electron chi connectivity index (χ1n) is 7.39. The number of hydrogen-bond donors (Lipinski definition) is 2. The molecule has 0 aromatic heterocycles. The highest BCUT2D eigenvalue weighted by molar-refractivity contribution is 6.31. The first kappa shape index (κ1) is 18.3. The molecule has 2 aromatic rings. The summed E-state index contributed by atoms with van der Waals surface area (Å²) in [5, 5.41) is 13.2. The van der Waals surface area contributed by atoms with Gasteiger partial charge in [0.25, 0.3) is 0 Å². The molecule has 1 atom stereocenters. The Hall–Kier alpha value is -2.04. The van der Waals surface area contributed by atoms with Gasteiger partial charge >= 0.3 is 5.97 Å². The van der Waals surface area contributed by atoms with E-state index in [-0.39, 0.29) is 18.7 Å². The van der Waals surface area contributed by atoms with Gasteiger partial charge in [0.15, 0.2) is 0 Å². The summed E-state index contributed by atoms with van der Waals surface area (Å²) in [7, 11) is 0. The van der Waals surface area contributed by atoms with Crippen LogP contribution < -0.4 is 5.32 Å². The Kier molecular flexibility index (Phi) is 6.23. The fourth-order valence-electron chi connectivity index (χ4n) is 2.32. The summed E-state index contributed by atoms with van der Waals surface area (Å²) in [4.78, 5) is 23.6. The number of benzene rings is 2. The van der Waals surface area contributed by atoms with Gasteiger partial charge in [0.05, 0.1) is 5.92 Å². The Morgan fingerprint density at radius 1 is 1.12 bits per heavy atom. The van der Waals surface area contributed by atoms with Crippen LogP contribution in [0.3, 0.4) is 0 Å². The van der Waals surface area contributed by atoms with Crippen LogP contribution in [0.1, 0.15) is 17.5 Å². The van der Waals surface area contributed by atoms with E-state index in [1.807, 2.05) is 0 Å². The highest BCUT2D eigenvalue weighted by atomic mass is 35.5. The van der Waals surface area contributed by atoms with Gasteiger partial charge in [-0.2, -0.15) is 0 Å². The molecule has 0 bridgehead atoms. The van der Waals surface area contributed by atoms with Gasteiger partial charge in [-0.25, -0.2) is 0 Å². The van der Waals surface area contributed by atoms with E-state index < -0.39 is 11.9 Å². The lowest BCUT2D eigenvalue weighted by molar-refractivity contribution is -0.143. The van der Waals surface area contributed by atoms with Gasteiger partial charge in [0.1, 0.15) is 0 Å². The Labute approximate surface area is 150 Å². The predicted molar refractivity (Wildman–Crippen MR) is 95.7 cm³/mol. The van der Waals surface area contributed by atoms with Gasteiger partial charge in [-0.15, -0.1) is 0 Å². The molecule has 1 amide bonds. The molecule has 0 radical (unpaired) electrons. The van der Waals surface area contributed by atoms with Gasteiger partial charge in [0, 0.05) is 22.2 Å². The SMILES string of the molecule is Cc1c(Cl)cccc1NC(=O)CC(Cc1ccc(Cl)cc1)C(=O)O. The van der Waals surface area contributed by atoms with E-state index >= 15 is 0 Å². The second-order valence-electron chi connectivity index (χ2n) is 5.53. The first-order valence-corrected chi connectivity index (χ1v) is 8.14. The predicted octanol–water partition coefficient (Wildman–Crippen LogP) is 4.57. The molecule has 0 aliphatic heterocycles. The number of anilines is 1. The molecule has 0 saturated heterocycles. The molecular weight excluding hydrogens is 349 g/mol. The maximum absolute atomic E-state index is 12.2. The molecule has 0 heterocycles. The van der Waals surface area contributed by atoms with Crippen molar-refractivity contribution >= 4 is 40.8 Å². The van der Waals surface area contributed by atoms with Crippen molar-refractivity contribution in [2.75, 3.05) is 5.32 Å².